The Balaban J connectivity index is 0.000000261. The first-order valence-electron chi connectivity index (χ1n) is 12.9. The Bertz CT molecular complexity index is 1460. The molecule has 0 saturated carbocycles. The molecule has 2 aliphatic rings. The summed E-state index contributed by atoms with van der Waals surface area (Å²) in [6.07, 6.45) is 3.63. The highest BCUT2D eigenvalue weighted by Crippen LogP contribution is 2.46. The first-order chi connectivity index (χ1) is 18.9. The molecule has 0 bridgehead atoms. The van der Waals surface area contributed by atoms with Crippen molar-refractivity contribution in [2.45, 2.75) is 31.8 Å². The fraction of sp³-hybridized carbons (Fsp3) is 0.323. The molecule has 39 heavy (non-hydrogen) atoms. The predicted octanol–water partition coefficient (Wildman–Crippen LogP) is 5.64. The van der Waals surface area contributed by atoms with Crippen LogP contribution >= 0.6 is 0 Å². The fourth-order valence-corrected chi connectivity index (χ4v) is 5.87. The van der Waals surface area contributed by atoms with Gasteiger partial charge in [-0.15, -0.1) is 0 Å². The van der Waals surface area contributed by atoms with E-state index in [4.69, 9.17) is 29.2 Å². The van der Waals surface area contributed by atoms with E-state index < -0.39 is 5.97 Å². The van der Waals surface area contributed by atoms with Gasteiger partial charge in [-0.1, -0.05) is 12.1 Å². The van der Waals surface area contributed by atoms with Crippen molar-refractivity contribution in [3.63, 3.8) is 0 Å². The molecule has 4 aromatic carbocycles. The van der Waals surface area contributed by atoms with Crippen molar-refractivity contribution in [3.05, 3.63) is 65.2 Å². The Labute approximate surface area is 227 Å². The number of carboxylic acid groups (broad SMARTS) is 1. The minimum absolute atomic E-state index is 0.0671. The fourth-order valence-electron chi connectivity index (χ4n) is 5.87. The number of aromatic hydroxyl groups is 1. The van der Waals surface area contributed by atoms with Gasteiger partial charge in [0.25, 0.3) is 0 Å². The quantitative estimate of drug-likeness (QED) is 0.320. The maximum Gasteiger partial charge on any atom is 0.339 e. The number of aromatic carboxylic acids is 1. The number of hydrogen-bond acceptors (Lipinski definition) is 7. The summed E-state index contributed by atoms with van der Waals surface area (Å²) in [5.41, 5.74) is 2.77. The molecule has 2 N–H and O–H groups in total. The van der Waals surface area contributed by atoms with Gasteiger partial charge in [-0.25, -0.2) is 4.79 Å². The summed E-state index contributed by atoms with van der Waals surface area (Å²) in [5.74, 6) is 1.72. The standard InChI is InChI=1S/C24H27NO4.C7H6O3/c1-26-21-9-16-15-8-14-6-5-7-25(14)13-20(15)19-12-24(29-4)23(28-3)11-18(19)17(16)10-22(21)27-2;8-6-4-2-1-3-5(6)7(9)10/h9-12,14H,5-8,13H2,1-4H3;1-4,8H,(H,9,10). The normalized spacial score (nSPS) is 16.2. The summed E-state index contributed by atoms with van der Waals surface area (Å²) in [7, 11) is 6.76. The van der Waals surface area contributed by atoms with E-state index in [1.54, 1.807) is 40.6 Å². The maximum absolute atomic E-state index is 10.3. The third-order valence-electron chi connectivity index (χ3n) is 7.79. The van der Waals surface area contributed by atoms with Gasteiger partial charge in [-0.2, -0.15) is 0 Å². The van der Waals surface area contributed by atoms with E-state index in [0.29, 0.717) is 6.04 Å². The average molecular weight is 532 g/mol. The van der Waals surface area contributed by atoms with Crippen LogP contribution < -0.4 is 18.9 Å². The number of benzene rings is 4. The average Bonchev–Trinajstić information content (AvgIpc) is 3.43. The zero-order valence-electron chi connectivity index (χ0n) is 22.6. The van der Waals surface area contributed by atoms with Gasteiger partial charge in [0.05, 0.1) is 28.4 Å². The van der Waals surface area contributed by atoms with Crippen LogP contribution in [0.3, 0.4) is 0 Å². The van der Waals surface area contributed by atoms with Gasteiger partial charge in [-0.05, 0) is 94.9 Å². The van der Waals surface area contributed by atoms with Gasteiger partial charge in [0.2, 0.25) is 0 Å². The van der Waals surface area contributed by atoms with Gasteiger partial charge in [0.1, 0.15) is 11.3 Å². The van der Waals surface area contributed by atoms with Crippen molar-refractivity contribution < 1.29 is 34.0 Å². The van der Waals surface area contributed by atoms with Gasteiger partial charge in [-0.3, -0.25) is 4.90 Å². The maximum atomic E-state index is 10.3. The molecule has 0 amide bonds. The van der Waals surface area contributed by atoms with Gasteiger partial charge < -0.3 is 29.2 Å². The molecule has 1 unspecified atom stereocenters. The number of carboxylic acids is 1. The second-order valence-corrected chi connectivity index (χ2v) is 9.76. The van der Waals surface area contributed by atoms with Crippen molar-refractivity contribution in [2.75, 3.05) is 35.0 Å². The molecule has 2 heterocycles. The van der Waals surface area contributed by atoms with E-state index in [-0.39, 0.29) is 11.3 Å². The smallest absolute Gasteiger partial charge is 0.339 e. The van der Waals surface area contributed by atoms with E-state index in [0.717, 1.165) is 41.3 Å². The molecule has 204 valence electrons. The summed E-state index contributed by atoms with van der Waals surface area (Å²) in [6.45, 7) is 2.17. The number of nitrogens with zero attached hydrogens (tertiary/aromatic N) is 1. The number of ether oxygens (including phenoxy) is 4. The summed E-state index contributed by atoms with van der Waals surface area (Å²) >= 11 is 0. The lowest BCUT2D eigenvalue weighted by atomic mass is 9.85. The molecule has 0 aliphatic carbocycles. The first kappa shape index (κ1) is 26.4. The number of para-hydroxylation sites is 1. The highest BCUT2D eigenvalue weighted by molar-refractivity contribution is 6.13. The van der Waals surface area contributed by atoms with Crippen LogP contribution in [0.1, 0.15) is 34.3 Å². The van der Waals surface area contributed by atoms with Crippen molar-refractivity contribution in [2.24, 2.45) is 0 Å². The number of fused-ring (bicyclic) bond motifs is 7. The first-order valence-corrected chi connectivity index (χ1v) is 12.9. The molecule has 8 nitrogen and oxygen atoms in total. The second-order valence-electron chi connectivity index (χ2n) is 9.76. The Morgan fingerprint density at radius 2 is 1.31 bits per heavy atom. The van der Waals surface area contributed by atoms with Crippen LogP contribution in [-0.2, 0) is 13.0 Å². The molecular weight excluding hydrogens is 498 g/mol. The van der Waals surface area contributed by atoms with Gasteiger partial charge >= 0.3 is 5.97 Å². The molecular formula is C31H33NO7. The lowest BCUT2D eigenvalue weighted by Crippen LogP contribution is -2.35. The van der Waals surface area contributed by atoms with Crippen LogP contribution in [0.4, 0.5) is 0 Å². The zero-order valence-corrected chi connectivity index (χ0v) is 22.6. The Kier molecular flexibility index (Phi) is 7.39. The number of methoxy groups -OCH3 is 4. The third kappa shape index (κ3) is 4.76. The van der Waals surface area contributed by atoms with Crippen LogP contribution in [0.2, 0.25) is 0 Å². The zero-order chi connectivity index (χ0) is 27.7. The molecule has 1 fully saturated rings. The minimum Gasteiger partial charge on any atom is -0.507 e. The molecule has 0 aromatic heterocycles. The highest BCUT2D eigenvalue weighted by Gasteiger charge is 2.33. The van der Waals surface area contributed by atoms with Crippen molar-refractivity contribution in [3.8, 4) is 28.7 Å². The number of carbonyl (C=O) groups is 1. The van der Waals surface area contributed by atoms with Crippen LogP contribution in [0.5, 0.6) is 28.7 Å². The van der Waals surface area contributed by atoms with Crippen LogP contribution in [0.15, 0.2) is 48.5 Å². The molecule has 0 radical (unpaired) electrons. The van der Waals surface area contributed by atoms with Crippen molar-refractivity contribution >= 4 is 27.5 Å². The summed E-state index contributed by atoms with van der Waals surface area (Å²) in [6, 6.07) is 14.9. The van der Waals surface area contributed by atoms with E-state index in [1.807, 2.05) is 0 Å². The molecule has 8 heteroatoms. The molecule has 1 saturated heterocycles. The lowest BCUT2D eigenvalue weighted by Gasteiger charge is -2.33. The van der Waals surface area contributed by atoms with Crippen LogP contribution in [0, 0.1) is 0 Å². The topological polar surface area (TPSA) is 97.7 Å². The number of phenols is 1. The van der Waals surface area contributed by atoms with E-state index in [2.05, 4.69) is 29.2 Å². The monoisotopic (exact) mass is 531 g/mol. The Morgan fingerprint density at radius 1 is 0.795 bits per heavy atom. The van der Waals surface area contributed by atoms with Gasteiger partial charge in [0.15, 0.2) is 23.0 Å². The lowest BCUT2D eigenvalue weighted by molar-refractivity contribution is 0.0693. The Hall–Kier alpha value is -4.17. The second kappa shape index (κ2) is 10.9. The summed E-state index contributed by atoms with van der Waals surface area (Å²) in [5, 5.41) is 22.1. The number of rotatable bonds is 5. The van der Waals surface area contributed by atoms with Crippen molar-refractivity contribution in [1.29, 1.82) is 0 Å². The van der Waals surface area contributed by atoms with Crippen molar-refractivity contribution in [1.82, 2.24) is 4.90 Å². The molecule has 0 spiro atoms. The predicted molar refractivity (Wildman–Crippen MR) is 150 cm³/mol. The Morgan fingerprint density at radius 3 is 1.79 bits per heavy atom. The molecule has 6 rings (SSSR count). The van der Waals surface area contributed by atoms with Crippen LogP contribution in [0.25, 0.3) is 21.5 Å². The van der Waals surface area contributed by atoms with Gasteiger partial charge in [0, 0.05) is 12.6 Å². The van der Waals surface area contributed by atoms with E-state index in [9.17, 15) is 4.79 Å². The summed E-state index contributed by atoms with van der Waals surface area (Å²) in [4.78, 5) is 12.9. The molecule has 1 atom stereocenters. The third-order valence-corrected chi connectivity index (χ3v) is 7.79. The van der Waals surface area contributed by atoms with E-state index in [1.165, 1.54) is 58.8 Å². The van der Waals surface area contributed by atoms with E-state index >= 15 is 0 Å². The minimum atomic E-state index is -1.11. The molecule has 4 aromatic rings. The van der Waals surface area contributed by atoms with Crippen LogP contribution in [-0.4, -0.2) is 62.1 Å². The highest BCUT2D eigenvalue weighted by atomic mass is 16.5. The SMILES string of the molecule is COc1cc2c3c(c4cc(OC)c(OC)cc4c2cc1OC)CN1CCCC1C3.O=C(O)c1ccccc1O. The summed E-state index contributed by atoms with van der Waals surface area (Å²) < 4.78 is 22.5. The largest absolute Gasteiger partial charge is 0.507 e. The molecule has 2 aliphatic heterocycles. The number of hydrogen-bond donors (Lipinski definition) is 2.